The lowest BCUT2D eigenvalue weighted by Crippen LogP contribution is -2.43. The third-order valence-electron chi connectivity index (χ3n) is 3.03. The summed E-state index contributed by atoms with van der Waals surface area (Å²) in [5.74, 6) is -0.864. The fourth-order valence-corrected chi connectivity index (χ4v) is 4.21. The van der Waals surface area contributed by atoms with Gasteiger partial charge in [-0.2, -0.15) is 4.31 Å². The van der Waals surface area contributed by atoms with Crippen molar-refractivity contribution >= 4 is 43.5 Å². The van der Waals surface area contributed by atoms with Gasteiger partial charge in [-0.25, -0.2) is 12.8 Å². The van der Waals surface area contributed by atoms with Gasteiger partial charge in [0.25, 0.3) is 0 Å². The summed E-state index contributed by atoms with van der Waals surface area (Å²) in [4.78, 5) is 11.2. The van der Waals surface area contributed by atoms with Gasteiger partial charge in [0.1, 0.15) is 12.2 Å². The van der Waals surface area contributed by atoms with E-state index in [0.717, 1.165) is 4.31 Å². The van der Waals surface area contributed by atoms with E-state index in [1.54, 1.807) is 0 Å². The van der Waals surface area contributed by atoms with Crippen LogP contribution in [0.1, 0.15) is 6.42 Å². The summed E-state index contributed by atoms with van der Waals surface area (Å²) in [6, 6.07) is 2.87. The molecule has 1 amide bonds. The monoisotopic (exact) mass is 384 g/mol. The maximum Gasteiger partial charge on any atom is 0.243 e. The molecule has 1 aromatic rings. The van der Waals surface area contributed by atoms with Crippen molar-refractivity contribution in [2.24, 2.45) is 5.73 Å². The Morgan fingerprint density at radius 1 is 1.50 bits per heavy atom. The second kappa shape index (κ2) is 5.59. The standard InChI is InChI=1S/C11H11BrClFN2O3S/c12-8-2-1-7(4-9(8)13)20(18,19)16-5-6(14)3-10(16)11(15)17/h1-2,4,6,10H,3,5H2,(H2,15,17)/t6-,10-/m1/s1. The number of nitrogens with two attached hydrogens (primary N) is 1. The first-order chi connectivity index (χ1) is 9.23. The van der Waals surface area contributed by atoms with Crippen LogP contribution in [0.4, 0.5) is 4.39 Å². The number of primary amides is 1. The summed E-state index contributed by atoms with van der Waals surface area (Å²) in [5.41, 5.74) is 5.13. The molecule has 1 fully saturated rings. The van der Waals surface area contributed by atoms with Crippen molar-refractivity contribution < 1.29 is 17.6 Å². The third kappa shape index (κ3) is 2.83. The predicted molar refractivity (Wildman–Crippen MR) is 75.5 cm³/mol. The molecule has 20 heavy (non-hydrogen) atoms. The molecule has 0 unspecified atom stereocenters. The zero-order chi connectivity index (χ0) is 15.1. The first-order valence-electron chi connectivity index (χ1n) is 5.63. The Kier molecular flexibility index (Phi) is 4.38. The molecule has 1 saturated heterocycles. The van der Waals surface area contributed by atoms with Gasteiger partial charge in [0.15, 0.2) is 0 Å². The van der Waals surface area contributed by atoms with Crippen molar-refractivity contribution in [3.05, 3.63) is 27.7 Å². The maximum absolute atomic E-state index is 13.4. The maximum atomic E-state index is 13.4. The second-order valence-corrected chi connectivity index (χ2v) is 7.55. The number of benzene rings is 1. The zero-order valence-electron chi connectivity index (χ0n) is 10.1. The topological polar surface area (TPSA) is 80.5 Å². The molecular formula is C11H11BrClFN2O3S. The van der Waals surface area contributed by atoms with Crippen molar-refractivity contribution in [3.8, 4) is 0 Å². The minimum atomic E-state index is -4.02. The summed E-state index contributed by atoms with van der Waals surface area (Å²) in [5, 5.41) is 0.206. The fourth-order valence-electron chi connectivity index (χ4n) is 2.05. The van der Waals surface area contributed by atoms with E-state index in [-0.39, 0.29) is 22.9 Å². The van der Waals surface area contributed by atoms with Crippen LogP contribution in [0.3, 0.4) is 0 Å². The number of amides is 1. The van der Waals surface area contributed by atoms with E-state index in [1.165, 1.54) is 18.2 Å². The van der Waals surface area contributed by atoms with Gasteiger partial charge in [-0.1, -0.05) is 11.6 Å². The second-order valence-electron chi connectivity index (χ2n) is 4.40. The first kappa shape index (κ1) is 15.7. The first-order valence-corrected chi connectivity index (χ1v) is 8.25. The highest BCUT2D eigenvalue weighted by Crippen LogP contribution is 2.31. The molecule has 9 heteroatoms. The Morgan fingerprint density at radius 2 is 2.15 bits per heavy atom. The number of hydrogen-bond acceptors (Lipinski definition) is 3. The lowest BCUT2D eigenvalue weighted by molar-refractivity contribution is -0.121. The van der Waals surface area contributed by atoms with Crippen LogP contribution in [0.2, 0.25) is 5.02 Å². The van der Waals surface area contributed by atoms with Crippen LogP contribution in [0.25, 0.3) is 0 Å². The third-order valence-corrected chi connectivity index (χ3v) is 6.13. The Bertz CT molecular complexity index is 655. The Morgan fingerprint density at radius 3 is 2.70 bits per heavy atom. The van der Waals surface area contributed by atoms with Gasteiger partial charge in [-0.15, -0.1) is 0 Å². The Hall–Kier alpha value is -0.700. The highest BCUT2D eigenvalue weighted by atomic mass is 79.9. The molecule has 1 heterocycles. The number of nitrogens with zero attached hydrogens (tertiary/aromatic N) is 1. The molecule has 1 aliphatic rings. The van der Waals surface area contributed by atoms with Crippen molar-refractivity contribution in [1.29, 1.82) is 0 Å². The van der Waals surface area contributed by atoms with Crippen LogP contribution in [0, 0.1) is 0 Å². The molecule has 0 radical (unpaired) electrons. The quantitative estimate of drug-likeness (QED) is 0.860. The number of carbonyl (C=O) groups excluding carboxylic acids is 1. The van der Waals surface area contributed by atoms with Gasteiger partial charge in [0.05, 0.1) is 9.92 Å². The summed E-state index contributed by atoms with van der Waals surface area (Å²) < 4.78 is 39.6. The van der Waals surface area contributed by atoms with Gasteiger partial charge >= 0.3 is 0 Å². The molecule has 2 atom stereocenters. The minimum absolute atomic E-state index is 0.106. The summed E-state index contributed by atoms with van der Waals surface area (Å²) >= 11 is 9.01. The van der Waals surface area contributed by atoms with E-state index in [2.05, 4.69) is 15.9 Å². The molecule has 0 saturated carbocycles. The van der Waals surface area contributed by atoms with Crippen LogP contribution < -0.4 is 5.73 Å². The van der Waals surface area contributed by atoms with Crippen LogP contribution >= 0.6 is 27.5 Å². The smallest absolute Gasteiger partial charge is 0.243 e. The number of alkyl halides is 1. The zero-order valence-corrected chi connectivity index (χ0v) is 13.3. The molecule has 110 valence electrons. The van der Waals surface area contributed by atoms with Crippen molar-refractivity contribution in [1.82, 2.24) is 4.31 Å². The van der Waals surface area contributed by atoms with Gasteiger partial charge < -0.3 is 5.73 Å². The molecular weight excluding hydrogens is 375 g/mol. The largest absolute Gasteiger partial charge is 0.368 e. The van der Waals surface area contributed by atoms with E-state index in [4.69, 9.17) is 17.3 Å². The Labute approximate surface area is 129 Å². The normalized spacial score (nSPS) is 23.9. The highest BCUT2D eigenvalue weighted by molar-refractivity contribution is 9.10. The Balaban J connectivity index is 2.43. The molecule has 0 aliphatic carbocycles. The summed E-state index contributed by atoms with van der Waals surface area (Å²) in [7, 11) is -4.02. The van der Waals surface area contributed by atoms with Crippen LogP contribution in [-0.4, -0.2) is 37.4 Å². The predicted octanol–water partition coefficient (Wildman–Crippen LogP) is 1.69. The van der Waals surface area contributed by atoms with E-state index in [1.807, 2.05) is 0 Å². The van der Waals surface area contributed by atoms with E-state index < -0.39 is 28.1 Å². The highest BCUT2D eigenvalue weighted by Gasteiger charge is 2.43. The number of sulfonamides is 1. The molecule has 1 aliphatic heterocycles. The molecule has 2 N–H and O–H groups in total. The average Bonchev–Trinajstić information content (AvgIpc) is 2.75. The van der Waals surface area contributed by atoms with E-state index in [0.29, 0.717) is 4.47 Å². The molecule has 1 aromatic carbocycles. The van der Waals surface area contributed by atoms with Crippen molar-refractivity contribution in [2.75, 3.05) is 6.54 Å². The fraction of sp³-hybridized carbons (Fsp3) is 0.364. The number of hydrogen-bond donors (Lipinski definition) is 1. The van der Waals surface area contributed by atoms with Gasteiger partial charge in [0, 0.05) is 17.4 Å². The van der Waals surface area contributed by atoms with Crippen molar-refractivity contribution in [3.63, 3.8) is 0 Å². The number of rotatable bonds is 3. The van der Waals surface area contributed by atoms with Crippen LogP contribution in [0.5, 0.6) is 0 Å². The number of carbonyl (C=O) groups is 1. The van der Waals surface area contributed by atoms with Crippen molar-refractivity contribution in [2.45, 2.75) is 23.5 Å². The summed E-state index contributed by atoms with van der Waals surface area (Å²) in [6.07, 6.45) is -1.63. The lowest BCUT2D eigenvalue weighted by atomic mass is 10.2. The molecule has 2 rings (SSSR count). The number of halogens is 3. The minimum Gasteiger partial charge on any atom is -0.368 e. The van der Waals surface area contributed by atoms with Gasteiger partial charge in [-0.05, 0) is 34.1 Å². The molecule has 0 spiro atoms. The van der Waals surface area contributed by atoms with E-state index in [9.17, 15) is 17.6 Å². The summed E-state index contributed by atoms with van der Waals surface area (Å²) in [6.45, 7) is -0.385. The van der Waals surface area contributed by atoms with Crippen LogP contribution in [-0.2, 0) is 14.8 Å². The average molecular weight is 386 g/mol. The molecule has 0 bridgehead atoms. The molecule has 0 aromatic heterocycles. The SMILES string of the molecule is NC(=O)[C@H]1C[C@@H](F)CN1S(=O)(=O)c1ccc(Br)c(Cl)c1. The van der Waals surface area contributed by atoms with Gasteiger partial charge in [0.2, 0.25) is 15.9 Å². The van der Waals surface area contributed by atoms with Crippen LogP contribution in [0.15, 0.2) is 27.6 Å². The van der Waals surface area contributed by atoms with Gasteiger partial charge in [-0.3, -0.25) is 4.79 Å². The van der Waals surface area contributed by atoms with E-state index >= 15 is 0 Å². The lowest BCUT2D eigenvalue weighted by Gasteiger charge is -2.21. The molecule has 5 nitrogen and oxygen atoms in total.